The molecule has 0 aliphatic carbocycles. The van der Waals surface area contributed by atoms with E-state index in [4.69, 9.17) is 0 Å². The summed E-state index contributed by atoms with van der Waals surface area (Å²) in [5.41, 5.74) is 1.79. The van der Waals surface area contributed by atoms with Crippen LogP contribution < -0.4 is 5.32 Å². The van der Waals surface area contributed by atoms with Crippen LogP contribution in [0.3, 0.4) is 0 Å². The van der Waals surface area contributed by atoms with Gasteiger partial charge in [0, 0.05) is 18.2 Å². The Labute approximate surface area is 113 Å². The van der Waals surface area contributed by atoms with E-state index < -0.39 is 0 Å². The molecule has 0 atom stereocenters. The summed E-state index contributed by atoms with van der Waals surface area (Å²) in [4.78, 5) is 4.56. The SMILES string of the molecule is CCCn1c(CNC(C)(C)C)nc2cc(F)ccc21. The van der Waals surface area contributed by atoms with Crippen molar-refractivity contribution in [1.29, 1.82) is 0 Å². The van der Waals surface area contributed by atoms with Crippen LogP contribution in [0.2, 0.25) is 0 Å². The minimum Gasteiger partial charge on any atom is -0.327 e. The van der Waals surface area contributed by atoms with Crippen LogP contribution in [0.1, 0.15) is 39.9 Å². The van der Waals surface area contributed by atoms with Crippen molar-refractivity contribution in [2.75, 3.05) is 0 Å². The van der Waals surface area contributed by atoms with Crippen LogP contribution in [-0.4, -0.2) is 15.1 Å². The van der Waals surface area contributed by atoms with Gasteiger partial charge in [-0.3, -0.25) is 0 Å². The highest BCUT2D eigenvalue weighted by molar-refractivity contribution is 5.76. The molecule has 1 aromatic heterocycles. The number of fused-ring (bicyclic) bond motifs is 1. The van der Waals surface area contributed by atoms with Crippen LogP contribution in [0, 0.1) is 5.82 Å². The fourth-order valence-corrected chi connectivity index (χ4v) is 2.11. The molecule has 1 heterocycles. The first kappa shape index (κ1) is 14.0. The van der Waals surface area contributed by atoms with E-state index in [1.54, 1.807) is 0 Å². The van der Waals surface area contributed by atoms with E-state index in [2.05, 4.69) is 42.6 Å². The fraction of sp³-hybridized carbons (Fsp3) is 0.533. The van der Waals surface area contributed by atoms with Gasteiger partial charge in [-0.05, 0) is 39.3 Å². The van der Waals surface area contributed by atoms with Gasteiger partial charge in [-0.15, -0.1) is 0 Å². The second kappa shape index (κ2) is 5.29. The Morgan fingerprint density at radius 2 is 2.05 bits per heavy atom. The van der Waals surface area contributed by atoms with E-state index in [0.29, 0.717) is 6.54 Å². The Bertz CT molecular complexity index is 567. The molecule has 0 bridgehead atoms. The average molecular weight is 263 g/mol. The van der Waals surface area contributed by atoms with Gasteiger partial charge in [0.1, 0.15) is 11.6 Å². The van der Waals surface area contributed by atoms with E-state index in [-0.39, 0.29) is 11.4 Å². The van der Waals surface area contributed by atoms with Gasteiger partial charge in [0.2, 0.25) is 0 Å². The summed E-state index contributed by atoms with van der Waals surface area (Å²) in [5.74, 6) is 0.737. The van der Waals surface area contributed by atoms with Gasteiger partial charge in [0.15, 0.2) is 0 Å². The predicted molar refractivity (Wildman–Crippen MR) is 76.6 cm³/mol. The molecule has 0 amide bonds. The smallest absolute Gasteiger partial charge is 0.125 e. The van der Waals surface area contributed by atoms with E-state index >= 15 is 0 Å². The maximum absolute atomic E-state index is 13.3. The van der Waals surface area contributed by atoms with Gasteiger partial charge in [0.05, 0.1) is 17.6 Å². The molecule has 2 rings (SSSR count). The van der Waals surface area contributed by atoms with Gasteiger partial charge in [0.25, 0.3) is 0 Å². The molecular formula is C15H22FN3. The largest absolute Gasteiger partial charge is 0.327 e. The Kier molecular flexibility index (Phi) is 3.90. The van der Waals surface area contributed by atoms with Crippen LogP contribution in [0.25, 0.3) is 11.0 Å². The molecule has 0 radical (unpaired) electrons. The maximum atomic E-state index is 13.3. The second-order valence-electron chi connectivity index (χ2n) is 5.92. The van der Waals surface area contributed by atoms with Crippen molar-refractivity contribution in [2.45, 2.75) is 52.7 Å². The highest BCUT2D eigenvalue weighted by Gasteiger charge is 2.14. The molecule has 1 N–H and O–H groups in total. The summed E-state index contributed by atoms with van der Waals surface area (Å²) >= 11 is 0. The van der Waals surface area contributed by atoms with Crippen molar-refractivity contribution in [2.24, 2.45) is 0 Å². The zero-order valence-electron chi connectivity index (χ0n) is 12.1. The number of nitrogens with zero attached hydrogens (tertiary/aromatic N) is 2. The number of rotatable bonds is 4. The normalized spacial score (nSPS) is 12.3. The lowest BCUT2D eigenvalue weighted by molar-refractivity contribution is 0.412. The summed E-state index contributed by atoms with van der Waals surface area (Å²) < 4.78 is 15.4. The van der Waals surface area contributed by atoms with Crippen molar-refractivity contribution in [1.82, 2.24) is 14.9 Å². The summed E-state index contributed by atoms with van der Waals surface area (Å²) in [7, 11) is 0. The van der Waals surface area contributed by atoms with Crippen molar-refractivity contribution in [3.05, 3.63) is 29.8 Å². The predicted octanol–water partition coefficient (Wildman–Crippen LogP) is 3.47. The molecular weight excluding hydrogens is 241 g/mol. The summed E-state index contributed by atoms with van der Waals surface area (Å²) in [6.45, 7) is 10.1. The zero-order valence-corrected chi connectivity index (χ0v) is 12.1. The molecule has 19 heavy (non-hydrogen) atoms. The van der Waals surface area contributed by atoms with E-state index in [1.165, 1.54) is 12.1 Å². The molecule has 0 fully saturated rings. The summed E-state index contributed by atoms with van der Waals surface area (Å²) in [6, 6.07) is 4.81. The van der Waals surface area contributed by atoms with Crippen molar-refractivity contribution in [3.63, 3.8) is 0 Å². The highest BCUT2D eigenvalue weighted by Crippen LogP contribution is 2.18. The first-order chi connectivity index (χ1) is 8.90. The van der Waals surface area contributed by atoms with Gasteiger partial charge < -0.3 is 9.88 Å². The lowest BCUT2D eigenvalue weighted by Gasteiger charge is -2.20. The molecule has 0 saturated carbocycles. The van der Waals surface area contributed by atoms with Gasteiger partial charge in [-0.2, -0.15) is 0 Å². The molecule has 3 nitrogen and oxygen atoms in total. The topological polar surface area (TPSA) is 29.9 Å². The van der Waals surface area contributed by atoms with Gasteiger partial charge in [-0.25, -0.2) is 9.37 Å². The van der Waals surface area contributed by atoms with E-state index in [1.807, 2.05) is 6.07 Å². The molecule has 104 valence electrons. The number of benzene rings is 1. The Hall–Kier alpha value is -1.42. The number of hydrogen-bond acceptors (Lipinski definition) is 2. The second-order valence-corrected chi connectivity index (χ2v) is 5.92. The van der Waals surface area contributed by atoms with Gasteiger partial charge in [-0.1, -0.05) is 6.92 Å². The van der Waals surface area contributed by atoms with Gasteiger partial charge >= 0.3 is 0 Å². The molecule has 0 saturated heterocycles. The molecule has 2 aromatic rings. The van der Waals surface area contributed by atoms with E-state index in [9.17, 15) is 4.39 Å². The quantitative estimate of drug-likeness (QED) is 0.915. The lowest BCUT2D eigenvalue weighted by atomic mass is 10.1. The molecule has 0 aliphatic heterocycles. The number of hydrogen-bond donors (Lipinski definition) is 1. The highest BCUT2D eigenvalue weighted by atomic mass is 19.1. The number of aromatic nitrogens is 2. The average Bonchev–Trinajstić information content (AvgIpc) is 2.64. The summed E-state index contributed by atoms with van der Waals surface area (Å²) in [5, 5.41) is 3.44. The molecule has 0 unspecified atom stereocenters. The van der Waals surface area contributed by atoms with Crippen molar-refractivity contribution < 1.29 is 4.39 Å². The Morgan fingerprint density at radius 3 is 2.68 bits per heavy atom. The van der Waals surface area contributed by atoms with E-state index in [0.717, 1.165) is 29.8 Å². The maximum Gasteiger partial charge on any atom is 0.125 e. The Morgan fingerprint density at radius 1 is 1.32 bits per heavy atom. The number of nitrogens with one attached hydrogen (secondary N) is 1. The minimum absolute atomic E-state index is 0.0421. The standard InChI is InChI=1S/C15H22FN3/c1-5-8-19-13-7-6-11(16)9-12(13)18-14(19)10-17-15(2,3)4/h6-7,9,17H,5,8,10H2,1-4H3. The van der Waals surface area contributed by atoms with Crippen LogP contribution in [0.5, 0.6) is 0 Å². The zero-order chi connectivity index (χ0) is 14.0. The molecule has 1 aromatic carbocycles. The molecule has 4 heteroatoms. The van der Waals surface area contributed by atoms with Crippen LogP contribution in [0.4, 0.5) is 4.39 Å². The summed E-state index contributed by atoms with van der Waals surface area (Å²) in [6.07, 6.45) is 1.03. The monoisotopic (exact) mass is 263 g/mol. The van der Waals surface area contributed by atoms with Crippen molar-refractivity contribution >= 4 is 11.0 Å². The van der Waals surface area contributed by atoms with Crippen LogP contribution in [0.15, 0.2) is 18.2 Å². The minimum atomic E-state index is -0.232. The molecule has 0 spiro atoms. The number of imidazole rings is 1. The lowest BCUT2D eigenvalue weighted by Crippen LogP contribution is -2.35. The Balaban J connectivity index is 2.38. The number of halogens is 1. The van der Waals surface area contributed by atoms with Crippen molar-refractivity contribution in [3.8, 4) is 0 Å². The third kappa shape index (κ3) is 3.32. The van der Waals surface area contributed by atoms with Crippen LogP contribution in [-0.2, 0) is 13.1 Å². The first-order valence-electron chi connectivity index (χ1n) is 6.80. The third-order valence-electron chi connectivity index (χ3n) is 3.01. The number of aryl methyl sites for hydroxylation is 1. The third-order valence-corrected chi connectivity index (χ3v) is 3.01. The fourth-order valence-electron chi connectivity index (χ4n) is 2.11. The molecule has 0 aliphatic rings. The first-order valence-corrected chi connectivity index (χ1v) is 6.80. The van der Waals surface area contributed by atoms with Crippen LogP contribution >= 0.6 is 0 Å².